The standard InChI is InChI=1S/C13H19BrN2S/c1-3-16(8-10(2)13(15)17)9-11-5-4-6-12(14)7-11/h4-7,10H,3,8-9H2,1-2H3,(H2,15,17). The van der Waals surface area contributed by atoms with Crippen LogP contribution in [0.15, 0.2) is 28.7 Å². The number of nitrogens with zero attached hydrogens (tertiary/aromatic N) is 1. The zero-order valence-corrected chi connectivity index (χ0v) is 12.7. The minimum atomic E-state index is 0.261. The van der Waals surface area contributed by atoms with Crippen LogP contribution in [0.3, 0.4) is 0 Å². The summed E-state index contributed by atoms with van der Waals surface area (Å²) in [6.07, 6.45) is 0. The molecule has 0 saturated heterocycles. The fourth-order valence-electron chi connectivity index (χ4n) is 1.68. The fraction of sp³-hybridized carbons (Fsp3) is 0.462. The molecule has 0 aliphatic carbocycles. The van der Waals surface area contributed by atoms with E-state index in [4.69, 9.17) is 18.0 Å². The molecule has 0 aromatic heterocycles. The van der Waals surface area contributed by atoms with Gasteiger partial charge in [-0.1, -0.05) is 54.1 Å². The fourth-order valence-corrected chi connectivity index (χ4v) is 2.20. The van der Waals surface area contributed by atoms with Crippen molar-refractivity contribution in [1.82, 2.24) is 4.90 Å². The van der Waals surface area contributed by atoms with Gasteiger partial charge in [0, 0.05) is 23.5 Å². The molecular weight excluding hydrogens is 296 g/mol. The van der Waals surface area contributed by atoms with Gasteiger partial charge >= 0.3 is 0 Å². The van der Waals surface area contributed by atoms with Gasteiger partial charge in [-0.15, -0.1) is 0 Å². The van der Waals surface area contributed by atoms with E-state index >= 15 is 0 Å². The number of nitrogens with two attached hydrogens (primary N) is 1. The summed E-state index contributed by atoms with van der Waals surface area (Å²) in [5.41, 5.74) is 6.96. The third-order valence-electron chi connectivity index (χ3n) is 2.76. The van der Waals surface area contributed by atoms with Crippen molar-refractivity contribution in [3.63, 3.8) is 0 Å². The summed E-state index contributed by atoms with van der Waals surface area (Å²) in [6, 6.07) is 8.38. The number of halogens is 1. The second-order valence-electron chi connectivity index (χ2n) is 4.26. The first-order valence-corrected chi connectivity index (χ1v) is 6.99. The Morgan fingerprint density at radius 2 is 2.24 bits per heavy atom. The first-order chi connectivity index (χ1) is 8.02. The number of rotatable bonds is 6. The van der Waals surface area contributed by atoms with Gasteiger partial charge in [0.2, 0.25) is 0 Å². The maximum Gasteiger partial charge on any atom is 0.0768 e. The van der Waals surface area contributed by atoms with Crippen LogP contribution in [-0.4, -0.2) is 23.0 Å². The van der Waals surface area contributed by atoms with Crippen LogP contribution in [-0.2, 0) is 6.54 Å². The van der Waals surface area contributed by atoms with E-state index in [0.717, 1.165) is 24.1 Å². The maximum atomic E-state index is 5.65. The van der Waals surface area contributed by atoms with Crippen molar-refractivity contribution in [2.75, 3.05) is 13.1 Å². The summed E-state index contributed by atoms with van der Waals surface area (Å²) < 4.78 is 1.12. The minimum Gasteiger partial charge on any atom is -0.393 e. The van der Waals surface area contributed by atoms with E-state index in [2.05, 4.69) is 52.9 Å². The normalized spacial score (nSPS) is 12.7. The Hall–Kier alpha value is -0.450. The molecule has 1 unspecified atom stereocenters. The Kier molecular flexibility index (Phi) is 6.09. The summed E-state index contributed by atoms with van der Waals surface area (Å²) in [5.74, 6) is 0.261. The van der Waals surface area contributed by atoms with E-state index in [1.165, 1.54) is 5.56 Å². The molecule has 0 radical (unpaired) electrons. The van der Waals surface area contributed by atoms with Gasteiger partial charge in [-0.2, -0.15) is 0 Å². The lowest BCUT2D eigenvalue weighted by Crippen LogP contribution is -2.33. The summed E-state index contributed by atoms with van der Waals surface area (Å²) in [7, 11) is 0. The first-order valence-electron chi connectivity index (χ1n) is 5.79. The van der Waals surface area contributed by atoms with Crippen molar-refractivity contribution in [2.24, 2.45) is 11.7 Å². The predicted molar refractivity (Wildman–Crippen MR) is 81.0 cm³/mol. The van der Waals surface area contributed by atoms with Crippen LogP contribution in [0.5, 0.6) is 0 Å². The highest BCUT2D eigenvalue weighted by atomic mass is 79.9. The van der Waals surface area contributed by atoms with E-state index in [9.17, 15) is 0 Å². The molecule has 1 aromatic carbocycles. The van der Waals surface area contributed by atoms with Gasteiger partial charge in [-0.25, -0.2) is 0 Å². The van der Waals surface area contributed by atoms with Gasteiger partial charge in [-0.3, -0.25) is 4.90 Å². The highest BCUT2D eigenvalue weighted by Gasteiger charge is 2.11. The molecule has 94 valence electrons. The monoisotopic (exact) mass is 314 g/mol. The molecule has 0 spiro atoms. The van der Waals surface area contributed by atoms with Crippen LogP contribution in [0.25, 0.3) is 0 Å². The van der Waals surface area contributed by atoms with E-state index in [1.54, 1.807) is 0 Å². The molecule has 2 N–H and O–H groups in total. The molecular formula is C13H19BrN2S. The molecule has 0 fully saturated rings. The molecule has 0 aliphatic heterocycles. The van der Waals surface area contributed by atoms with Gasteiger partial charge < -0.3 is 5.73 Å². The van der Waals surface area contributed by atoms with Gasteiger partial charge in [0.1, 0.15) is 0 Å². The lowest BCUT2D eigenvalue weighted by Gasteiger charge is -2.23. The molecule has 0 aliphatic rings. The van der Waals surface area contributed by atoms with Gasteiger partial charge in [-0.05, 0) is 24.2 Å². The Labute approximate surface area is 117 Å². The molecule has 4 heteroatoms. The lowest BCUT2D eigenvalue weighted by molar-refractivity contribution is 0.264. The summed E-state index contributed by atoms with van der Waals surface area (Å²) in [4.78, 5) is 2.95. The molecule has 0 heterocycles. The summed E-state index contributed by atoms with van der Waals surface area (Å²) in [5, 5.41) is 0. The van der Waals surface area contributed by atoms with Crippen molar-refractivity contribution in [2.45, 2.75) is 20.4 Å². The van der Waals surface area contributed by atoms with Crippen LogP contribution < -0.4 is 5.73 Å². The summed E-state index contributed by atoms with van der Waals surface area (Å²) in [6.45, 7) is 7.08. The van der Waals surface area contributed by atoms with E-state index in [0.29, 0.717) is 4.99 Å². The zero-order valence-electron chi connectivity index (χ0n) is 10.3. The molecule has 17 heavy (non-hydrogen) atoms. The molecule has 2 nitrogen and oxygen atoms in total. The van der Waals surface area contributed by atoms with Crippen molar-refractivity contribution < 1.29 is 0 Å². The lowest BCUT2D eigenvalue weighted by atomic mass is 10.1. The topological polar surface area (TPSA) is 29.3 Å². The van der Waals surface area contributed by atoms with Crippen LogP contribution in [0.1, 0.15) is 19.4 Å². The number of hydrogen-bond acceptors (Lipinski definition) is 2. The third kappa shape index (κ3) is 5.15. The second-order valence-corrected chi connectivity index (χ2v) is 5.65. The average molecular weight is 315 g/mol. The number of benzene rings is 1. The Morgan fingerprint density at radius 1 is 1.53 bits per heavy atom. The SMILES string of the molecule is CCN(Cc1cccc(Br)c1)CC(C)C(N)=S. The molecule has 1 atom stereocenters. The van der Waals surface area contributed by atoms with Crippen molar-refractivity contribution in [3.05, 3.63) is 34.3 Å². The van der Waals surface area contributed by atoms with E-state index in [1.807, 2.05) is 6.07 Å². The largest absolute Gasteiger partial charge is 0.393 e. The molecule has 1 rings (SSSR count). The van der Waals surface area contributed by atoms with Crippen molar-refractivity contribution in [3.8, 4) is 0 Å². The number of thiocarbonyl (C=S) groups is 1. The Morgan fingerprint density at radius 3 is 2.76 bits per heavy atom. The van der Waals surface area contributed by atoms with Crippen LogP contribution in [0, 0.1) is 5.92 Å². The Bertz CT molecular complexity index is 381. The summed E-state index contributed by atoms with van der Waals surface area (Å²) >= 11 is 8.50. The van der Waals surface area contributed by atoms with E-state index in [-0.39, 0.29) is 5.92 Å². The highest BCUT2D eigenvalue weighted by molar-refractivity contribution is 9.10. The Balaban J connectivity index is 2.61. The van der Waals surface area contributed by atoms with Crippen LogP contribution >= 0.6 is 28.1 Å². The smallest absolute Gasteiger partial charge is 0.0768 e. The van der Waals surface area contributed by atoms with Gasteiger partial charge in [0.25, 0.3) is 0 Å². The van der Waals surface area contributed by atoms with Crippen LogP contribution in [0.4, 0.5) is 0 Å². The predicted octanol–water partition coefficient (Wildman–Crippen LogP) is 3.19. The zero-order chi connectivity index (χ0) is 12.8. The first kappa shape index (κ1) is 14.6. The molecule has 0 saturated carbocycles. The molecule has 1 aromatic rings. The molecule has 0 amide bonds. The third-order valence-corrected chi connectivity index (χ3v) is 3.66. The van der Waals surface area contributed by atoms with Gasteiger partial charge in [0.15, 0.2) is 0 Å². The maximum absolute atomic E-state index is 5.65. The van der Waals surface area contributed by atoms with E-state index < -0.39 is 0 Å². The molecule has 0 bridgehead atoms. The highest BCUT2D eigenvalue weighted by Crippen LogP contribution is 2.14. The second kappa shape index (κ2) is 7.09. The quantitative estimate of drug-likeness (QED) is 0.818. The van der Waals surface area contributed by atoms with Crippen LogP contribution in [0.2, 0.25) is 0 Å². The van der Waals surface area contributed by atoms with Crippen molar-refractivity contribution in [1.29, 1.82) is 0 Å². The van der Waals surface area contributed by atoms with Gasteiger partial charge in [0.05, 0.1) is 4.99 Å². The van der Waals surface area contributed by atoms with Crippen molar-refractivity contribution >= 4 is 33.1 Å². The minimum absolute atomic E-state index is 0.261. The average Bonchev–Trinajstić information content (AvgIpc) is 2.27. The number of hydrogen-bond donors (Lipinski definition) is 1.